The second-order valence-electron chi connectivity index (χ2n) is 7.94. The van der Waals surface area contributed by atoms with Gasteiger partial charge in [0.25, 0.3) is 0 Å². The molecular weight excluding hydrogens is 254 g/mol. The zero-order valence-corrected chi connectivity index (χ0v) is 14.3. The number of aliphatic hydroxyl groups excluding tert-OH is 1. The first-order valence-corrected chi connectivity index (χ1v) is 10.6. The Morgan fingerprint density at radius 3 is 2.58 bits per heavy atom. The summed E-state index contributed by atoms with van der Waals surface area (Å²) in [6.07, 6.45) is 4.74. The topological polar surface area (TPSA) is 32.7 Å². The van der Waals surface area contributed by atoms with Gasteiger partial charge in [-0.05, 0) is 50.4 Å². The Morgan fingerprint density at radius 2 is 2.00 bits per heavy atom. The summed E-state index contributed by atoms with van der Waals surface area (Å²) in [6, 6.07) is 0.531. The van der Waals surface area contributed by atoms with Crippen molar-refractivity contribution >= 4 is 8.32 Å². The predicted octanol–water partition coefficient (Wildman–Crippen LogP) is 3.00. The van der Waals surface area contributed by atoms with Gasteiger partial charge in [-0.3, -0.25) is 4.90 Å². The van der Waals surface area contributed by atoms with Crippen molar-refractivity contribution in [2.75, 3.05) is 19.8 Å². The minimum absolute atomic E-state index is 0.0987. The minimum atomic E-state index is -1.64. The summed E-state index contributed by atoms with van der Waals surface area (Å²) < 4.78 is 6.39. The normalized spacial score (nSPS) is 32.8. The van der Waals surface area contributed by atoms with Gasteiger partial charge in [-0.25, -0.2) is 0 Å². The molecule has 4 heteroatoms. The molecule has 19 heavy (non-hydrogen) atoms. The maximum Gasteiger partial charge on any atom is 0.192 e. The van der Waals surface area contributed by atoms with E-state index >= 15 is 0 Å². The Hall–Kier alpha value is 0.0969. The van der Waals surface area contributed by atoms with Crippen LogP contribution in [0.2, 0.25) is 18.1 Å². The van der Waals surface area contributed by atoms with E-state index in [0.717, 1.165) is 19.6 Å². The lowest BCUT2D eigenvalue weighted by atomic mass is 9.95. The van der Waals surface area contributed by atoms with Gasteiger partial charge in [-0.1, -0.05) is 20.8 Å². The van der Waals surface area contributed by atoms with Gasteiger partial charge < -0.3 is 9.53 Å². The molecule has 0 radical (unpaired) electrons. The standard InChI is InChI=1S/C15H31NO2Si/c1-14(2,3)19(4,5)18-11-13-7-9-15(12-17)8-6-10-16(13)15/h13,17H,6-12H2,1-5H3/t13-,15+/m1/s1. The number of rotatable bonds is 4. The summed E-state index contributed by atoms with van der Waals surface area (Å²) in [5, 5.41) is 10.0. The van der Waals surface area contributed by atoms with Crippen LogP contribution in [0, 0.1) is 0 Å². The van der Waals surface area contributed by atoms with Gasteiger partial charge in [0, 0.05) is 18.2 Å². The van der Waals surface area contributed by atoms with Gasteiger partial charge >= 0.3 is 0 Å². The highest BCUT2D eigenvalue weighted by molar-refractivity contribution is 6.74. The smallest absolute Gasteiger partial charge is 0.192 e. The molecule has 2 rings (SSSR count). The van der Waals surface area contributed by atoms with Crippen molar-refractivity contribution < 1.29 is 9.53 Å². The Bertz CT molecular complexity index is 327. The third kappa shape index (κ3) is 2.78. The number of hydrogen-bond donors (Lipinski definition) is 1. The van der Waals surface area contributed by atoms with Gasteiger partial charge in [-0.2, -0.15) is 0 Å². The first-order chi connectivity index (χ1) is 8.72. The Balaban J connectivity index is 1.95. The van der Waals surface area contributed by atoms with Crippen molar-refractivity contribution in [2.24, 2.45) is 0 Å². The van der Waals surface area contributed by atoms with E-state index in [9.17, 15) is 5.11 Å². The number of aliphatic hydroxyl groups is 1. The fourth-order valence-corrected chi connectivity index (χ4v) is 4.37. The van der Waals surface area contributed by atoms with Crippen LogP contribution >= 0.6 is 0 Å². The van der Waals surface area contributed by atoms with Crippen molar-refractivity contribution in [3.8, 4) is 0 Å². The summed E-state index contributed by atoms with van der Waals surface area (Å²) in [4.78, 5) is 2.54. The van der Waals surface area contributed by atoms with Crippen molar-refractivity contribution in [1.29, 1.82) is 0 Å². The highest BCUT2D eigenvalue weighted by atomic mass is 28.4. The van der Waals surface area contributed by atoms with E-state index in [4.69, 9.17) is 4.43 Å². The average molecular weight is 286 g/mol. The molecule has 0 aliphatic carbocycles. The lowest BCUT2D eigenvalue weighted by Gasteiger charge is -2.39. The fourth-order valence-electron chi connectivity index (χ4n) is 3.33. The van der Waals surface area contributed by atoms with Crippen LogP contribution < -0.4 is 0 Å². The van der Waals surface area contributed by atoms with Gasteiger partial charge in [0.2, 0.25) is 0 Å². The van der Waals surface area contributed by atoms with E-state index < -0.39 is 8.32 Å². The third-order valence-corrected chi connectivity index (χ3v) is 10.3. The van der Waals surface area contributed by atoms with Crippen LogP contribution in [0.3, 0.4) is 0 Å². The molecule has 0 amide bonds. The lowest BCUT2D eigenvalue weighted by molar-refractivity contribution is 0.0607. The van der Waals surface area contributed by atoms with Gasteiger partial charge in [0.1, 0.15) is 0 Å². The molecule has 2 fully saturated rings. The molecule has 112 valence electrons. The van der Waals surface area contributed by atoms with E-state index in [1.54, 1.807) is 0 Å². The monoisotopic (exact) mass is 285 g/mol. The predicted molar refractivity (Wildman–Crippen MR) is 81.9 cm³/mol. The molecule has 0 spiro atoms. The summed E-state index contributed by atoms with van der Waals surface area (Å²) in [5.74, 6) is 0. The van der Waals surface area contributed by atoms with E-state index in [0.29, 0.717) is 12.6 Å². The molecular formula is C15H31NO2Si. The van der Waals surface area contributed by atoms with Crippen molar-refractivity contribution in [3.63, 3.8) is 0 Å². The zero-order chi connectivity index (χ0) is 14.3. The molecule has 3 nitrogen and oxygen atoms in total. The maximum absolute atomic E-state index is 9.73. The van der Waals surface area contributed by atoms with Crippen LogP contribution in [0.4, 0.5) is 0 Å². The van der Waals surface area contributed by atoms with E-state index in [-0.39, 0.29) is 10.6 Å². The van der Waals surface area contributed by atoms with Crippen molar-refractivity contribution in [2.45, 2.75) is 76.2 Å². The van der Waals surface area contributed by atoms with Crippen LogP contribution in [0.25, 0.3) is 0 Å². The third-order valence-electron chi connectivity index (χ3n) is 5.77. The Kier molecular flexibility index (Phi) is 4.18. The van der Waals surface area contributed by atoms with Gasteiger partial charge in [0.15, 0.2) is 8.32 Å². The first kappa shape index (κ1) is 15.5. The number of nitrogens with zero attached hydrogens (tertiary/aromatic N) is 1. The SMILES string of the molecule is CC(C)(C)[Si](C)(C)OC[C@H]1CC[C@]2(CO)CCCN12. The molecule has 2 aliphatic heterocycles. The summed E-state index contributed by atoms with van der Waals surface area (Å²) in [5.41, 5.74) is 0.0987. The quantitative estimate of drug-likeness (QED) is 0.806. The highest BCUT2D eigenvalue weighted by Gasteiger charge is 2.49. The van der Waals surface area contributed by atoms with Gasteiger partial charge in [-0.15, -0.1) is 0 Å². The lowest BCUT2D eigenvalue weighted by Crippen LogP contribution is -2.49. The van der Waals surface area contributed by atoms with Crippen LogP contribution in [0.15, 0.2) is 0 Å². The molecule has 2 saturated heterocycles. The van der Waals surface area contributed by atoms with E-state index in [1.807, 2.05) is 0 Å². The largest absolute Gasteiger partial charge is 0.415 e. The van der Waals surface area contributed by atoms with Crippen LogP contribution in [-0.2, 0) is 4.43 Å². The average Bonchev–Trinajstić information content (AvgIpc) is 2.83. The zero-order valence-electron chi connectivity index (χ0n) is 13.3. The highest BCUT2D eigenvalue weighted by Crippen LogP contribution is 2.43. The van der Waals surface area contributed by atoms with Crippen LogP contribution in [-0.4, -0.2) is 49.7 Å². The van der Waals surface area contributed by atoms with E-state index in [1.165, 1.54) is 19.3 Å². The minimum Gasteiger partial charge on any atom is -0.415 e. The molecule has 0 bridgehead atoms. The Labute approximate surface area is 119 Å². The molecule has 0 aromatic carbocycles. The molecule has 2 aliphatic rings. The molecule has 1 N–H and O–H groups in total. The second kappa shape index (κ2) is 5.13. The molecule has 2 heterocycles. The number of hydrogen-bond acceptors (Lipinski definition) is 3. The van der Waals surface area contributed by atoms with Gasteiger partial charge in [0.05, 0.1) is 6.61 Å². The van der Waals surface area contributed by atoms with Crippen LogP contribution in [0.5, 0.6) is 0 Å². The summed E-state index contributed by atoms with van der Waals surface area (Å²) in [6.45, 7) is 13.9. The molecule has 0 aromatic heterocycles. The summed E-state index contributed by atoms with van der Waals surface area (Å²) >= 11 is 0. The second-order valence-corrected chi connectivity index (χ2v) is 12.8. The fraction of sp³-hybridized carbons (Fsp3) is 1.00. The summed E-state index contributed by atoms with van der Waals surface area (Å²) in [7, 11) is -1.64. The molecule has 0 saturated carbocycles. The van der Waals surface area contributed by atoms with Crippen molar-refractivity contribution in [1.82, 2.24) is 4.90 Å². The molecule has 0 aromatic rings. The Morgan fingerprint density at radius 1 is 1.32 bits per heavy atom. The van der Waals surface area contributed by atoms with Crippen LogP contribution in [0.1, 0.15) is 46.5 Å². The van der Waals surface area contributed by atoms with Crippen molar-refractivity contribution in [3.05, 3.63) is 0 Å². The molecule has 0 unspecified atom stereocenters. The maximum atomic E-state index is 9.73. The number of fused-ring (bicyclic) bond motifs is 1. The molecule has 2 atom stereocenters. The first-order valence-electron chi connectivity index (χ1n) is 7.73. The van der Waals surface area contributed by atoms with E-state index in [2.05, 4.69) is 38.8 Å².